The maximum absolute atomic E-state index is 13.2. The normalized spacial score (nSPS) is 21.9. The first-order valence-electron chi connectivity index (χ1n) is 7.75. The van der Waals surface area contributed by atoms with Crippen LogP contribution >= 0.6 is 0 Å². The lowest BCUT2D eigenvalue weighted by atomic mass is 9.90. The molecular formula is C16H21FN4O. The van der Waals surface area contributed by atoms with Crippen LogP contribution in [0.4, 0.5) is 4.39 Å². The number of benzene rings is 1. The average Bonchev–Trinajstić information content (AvgIpc) is 3.02. The largest absolute Gasteiger partial charge is 0.390 e. The zero-order valence-corrected chi connectivity index (χ0v) is 12.5. The van der Waals surface area contributed by atoms with E-state index in [4.69, 9.17) is 5.11 Å². The van der Waals surface area contributed by atoms with Crippen LogP contribution in [0.15, 0.2) is 30.5 Å². The lowest BCUT2D eigenvalue weighted by Crippen LogP contribution is -2.39. The Kier molecular flexibility index (Phi) is 4.80. The van der Waals surface area contributed by atoms with Crippen molar-refractivity contribution in [2.45, 2.75) is 50.9 Å². The van der Waals surface area contributed by atoms with Crippen LogP contribution in [0.2, 0.25) is 0 Å². The van der Waals surface area contributed by atoms with Gasteiger partial charge in [-0.15, -0.1) is 5.10 Å². The Morgan fingerprint density at radius 1 is 1.32 bits per heavy atom. The molecule has 0 saturated heterocycles. The van der Waals surface area contributed by atoms with Gasteiger partial charge in [-0.1, -0.05) is 30.2 Å². The molecule has 1 aromatic carbocycles. The van der Waals surface area contributed by atoms with Gasteiger partial charge in [0, 0.05) is 12.6 Å². The van der Waals surface area contributed by atoms with Crippen LogP contribution in [0.1, 0.15) is 43.0 Å². The van der Waals surface area contributed by atoms with Crippen LogP contribution in [0.5, 0.6) is 0 Å². The van der Waals surface area contributed by atoms with Crippen molar-refractivity contribution >= 4 is 0 Å². The quantitative estimate of drug-likeness (QED) is 0.889. The molecule has 1 heterocycles. The molecule has 0 radical (unpaired) electrons. The van der Waals surface area contributed by atoms with Crippen LogP contribution in [0.25, 0.3) is 0 Å². The molecule has 0 bridgehead atoms. The van der Waals surface area contributed by atoms with Crippen molar-refractivity contribution in [3.63, 3.8) is 0 Å². The summed E-state index contributed by atoms with van der Waals surface area (Å²) in [5, 5.41) is 20.7. The average molecular weight is 304 g/mol. The van der Waals surface area contributed by atoms with Crippen LogP contribution in [-0.2, 0) is 13.2 Å². The van der Waals surface area contributed by atoms with Crippen LogP contribution in [-0.4, -0.2) is 26.1 Å². The summed E-state index contributed by atoms with van der Waals surface area (Å²) in [7, 11) is 0. The van der Waals surface area contributed by atoms with Crippen LogP contribution < -0.4 is 5.32 Å². The number of aliphatic hydroxyl groups is 1. The minimum atomic E-state index is -0.205. The van der Waals surface area contributed by atoms with Gasteiger partial charge in [-0.05, 0) is 30.5 Å². The van der Waals surface area contributed by atoms with E-state index in [9.17, 15) is 4.39 Å². The fourth-order valence-electron chi connectivity index (χ4n) is 3.11. The standard InChI is InChI=1S/C16H21FN4O/c17-13-5-3-4-12(8-13)9-18-15-6-1-2-7-16(15)21-10-14(11-22)19-20-21/h3-5,8,10,15-16,18,22H,1-2,6-7,9,11H2/t15-,16+/m0/s1. The Morgan fingerprint density at radius 3 is 2.95 bits per heavy atom. The van der Waals surface area contributed by atoms with E-state index in [1.165, 1.54) is 12.5 Å². The third-order valence-corrected chi connectivity index (χ3v) is 4.25. The molecule has 22 heavy (non-hydrogen) atoms. The first-order chi connectivity index (χ1) is 10.8. The van der Waals surface area contributed by atoms with Crippen molar-refractivity contribution in [2.75, 3.05) is 0 Å². The molecule has 1 aliphatic rings. The number of nitrogens with one attached hydrogen (secondary N) is 1. The van der Waals surface area contributed by atoms with Crippen molar-refractivity contribution in [3.05, 3.63) is 47.5 Å². The summed E-state index contributed by atoms with van der Waals surface area (Å²) in [5.41, 5.74) is 1.54. The summed E-state index contributed by atoms with van der Waals surface area (Å²) in [6, 6.07) is 7.19. The Morgan fingerprint density at radius 2 is 2.18 bits per heavy atom. The van der Waals surface area contributed by atoms with Gasteiger partial charge in [-0.25, -0.2) is 9.07 Å². The molecule has 0 unspecified atom stereocenters. The van der Waals surface area contributed by atoms with E-state index in [-0.39, 0.29) is 24.5 Å². The molecule has 2 aromatic rings. The SMILES string of the molecule is OCc1cn([C@@H]2CCCC[C@@H]2NCc2cccc(F)c2)nn1. The number of nitrogens with zero attached hydrogens (tertiary/aromatic N) is 3. The summed E-state index contributed by atoms with van der Waals surface area (Å²) in [6.07, 6.45) is 6.26. The van der Waals surface area contributed by atoms with Crippen molar-refractivity contribution in [1.29, 1.82) is 0 Å². The van der Waals surface area contributed by atoms with Gasteiger partial charge >= 0.3 is 0 Å². The van der Waals surface area contributed by atoms with Gasteiger partial charge in [0.15, 0.2) is 0 Å². The number of hydrogen-bond acceptors (Lipinski definition) is 4. The third-order valence-electron chi connectivity index (χ3n) is 4.25. The Hall–Kier alpha value is -1.79. The molecule has 0 spiro atoms. The van der Waals surface area contributed by atoms with Gasteiger partial charge in [0.05, 0.1) is 18.8 Å². The molecule has 5 nitrogen and oxygen atoms in total. The zero-order valence-electron chi connectivity index (χ0n) is 12.5. The molecule has 1 saturated carbocycles. The highest BCUT2D eigenvalue weighted by Crippen LogP contribution is 2.28. The first-order valence-corrected chi connectivity index (χ1v) is 7.75. The van der Waals surface area contributed by atoms with E-state index in [1.807, 2.05) is 16.9 Å². The van der Waals surface area contributed by atoms with E-state index in [2.05, 4.69) is 15.6 Å². The predicted octanol–water partition coefficient (Wildman–Crippen LogP) is 2.18. The number of aromatic nitrogens is 3. The summed E-state index contributed by atoms with van der Waals surface area (Å²) in [6.45, 7) is 0.550. The second-order valence-corrected chi connectivity index (χ2v) is 5.82. The van der Waals surface area contributed by atoms with E-state index in [0.717, 1.165) is 24.8 Å². The van der Waals surface area contributed by atoms with E-state index < -0.39 is 0 Å². The summed E-state index contributed by atoms with van der Waals surface area (Å²) in [4.78, 5) is 0. The molecular weight excluding hydrogens is 283 g/mol. The number of hydrogen-bond donors (Lipinski definition) is 2. The number of rotatable bonds is 5. The highest BCUT2D eigenvalue weighted by Gasteiger charge is 2.27. The Labute approximate surface area is 129 Å². The molecule has 0 amide bonds. The second-order valence-electron chi connectivity index (χ2n) is 5.82. The lowest BCUT2D eigenvalue weighted by Gasteiger charge is -2.32. The van der Waals surface area contributed by atoms with Gasteiger partial charge in [0.2, 0.25) is 0 Å². The van der Waals surface area contributed by atoms with Crippen LogP contribution in [0.3, 0.4) is 0 Å². The topological polar surface area (TPSA) is 63.0 Å². The van der Waals surface area contributed by atoms with Crippen molar-refractivity contribution in [1.82, 2.24) is 20.3 Å². The van der Waals surface area contributed by atoms with Crippen molar-refractivity contribution < 1.29 is 9.50 Å². The Bertz CT molecular complexity index is 616. The minimum absolute atomic E-state index is 0.0892. The molecule has 3 rings (SSSR count). The molecule has 2 N–H and O–H groups in total. The minimum Gasteiger partial charge on any atom is -0.390 e. The van der Waals surface area contributed by atoms with Gasteiger partial charge in [-0.3, -0.25) is 0 Å². The maximum atomic E-state index is 13.2. The summed E-state index contributed by atoms with van der Waals surface area (Å²) >= 11 is 0. The second kappa shape index (κ2) is 6.98. The van der Waals surface area contributed by atoms with Gasteiger partial charge in [0.1, 0.15) is 11.5 Å². The summed E-state index contributed by atoms with van der Waals surface area (Å²) in [5.74, 6) is -0.205. The molecule has 118 valence electrons. The fourth-order valence-corrected chi connectivity index (χ4v) is 3.11. The highest BCUT2D eigenvalue weighted by atomic mass is 19.1. The van der Waals surface area contributed by atoms with Gasteiger partial charge < -0.3 is 10.4 Å². The van der Waals surface area contributed by atoms with Crippen molar-refractivity contribution in [3.8, 4) is 0 Å². The summed E-state index contributed by atoms with van der Waals surface area (Å²) < 4.78 is 15.1. The maximum Gasteiger partial charge on any atom is 0.123 e. The van der Waals surface area contributed by atoms with E-state index >= 15 is 0 Å². The lowest BCUT2D eigenvalue weighted by molar-refractivity contribution is 0.242. The molecule has 2 atom stereocenters. The molecule has 0 aliphatic heterocycles. The number of aliphatic hydroxyl groups excluding tert-OH is 1. The molecule has 6 heteroatoms. The fraction of sp³-hybridized carbons (Fsp3) is 0.500. The van der Waals surface area contributed by atoms with E-state index in [0.29, 0.717) is 12.2 Å². The smallest absolute Gasteiger partial charge is 0.123 e. The zero-order chi connectivity index (χ0) is 15.4. The third kappa shape index (κ3) is 3.51. The molecule has 1 aromatic heterocycles. The monoisotopic (exact) mass is 304 g/mol. The Balaban J connectivity index is 1.67. The first kappa shape index (κ1) is 15.1. The molecule has 1 fully saturated rings. The van der Waals surface area contributed by atoms with Crippen molar-refractivity contribution in [2.24, 2.45) is 0 Å². The van der Waals surface area contributed by atoms with Gasteiger partial charge in [0.25, 0.3) is 0 Å². The van der Waals surface area contributed by atoms with Gasteiger partial charge in [-0.2, -0.15) is 0 Å². The number of halogens is 1. The molecule has 1 aliphatic carbocycles. The predicted molar refractivity (Wildman–Crippen MR) is 80.5 cm³/mol. The van der Waals surface area contributed by atoms with E-state index in [1.54, 1.807) is 12.1 Å². The highest BCUT2D eigenvalue weighted by molar-refractivity contribution is 5.16. The van der Waals surface area contributed by atoms with Crippen LogP contribution in [0, 0.1) is 5.82 Å².